The van der Waals surface area contributed by atoms with E-state index in [0.717, 1.165) is 50.0 Å². The van der Waals surface area contributed by atoms with Gasteiger partial charge in [0.15, 0.2) is 0 Å². The maximum absolute atomic E-state index is 12.8. The van der Waals surface area contributed by atoms with Crippen LogP contribution in [0.1, 0.15) is 31.2 Å². The molecule has 0 aliphatic carbocycles. The highest BCUT2D eigenvalue weighted by molar-refractivity contribution is 5.96. The van der Waals surface area contributed by atoms with Gasteiger partial charge in [-0.05, 0) is 62.9 Å². The molecule has 1 amide bonds. The first-order valence-corrected chi connectivity index (χ1v) is 8.67. The molecule has 2 aliphatic heterocycles. The first-order chi connectivity index (χ1) is 11.7. The van der Waals surface area contributed by atoms with Crippen molar-refractivity contribution in [2.75, 3.05) is 25.5 Å². The molecule has 2 aliphatic rings. The van der Waals surface area contributed by atoms with Crippen LogP contribution in [0.3, 0.4) is 0 Å². The third kappa shape index (κ3) is 3.90. The van der Waals surface area contributed by atoms with Crippen molar-refractivity contribution in [2.45, 2.75) is 44.8 Å². The van der Waals surface area contributed by atoms with Gasteiger partial charge in [-0.1, -0.05) is 6.07 Å². The fourth-order valence-corrected chi connectivity index (χ4v) is 3.46. The van der Waals surface area contributed by atoms with Gasteiger partial charge in [0.2, 0.25) is 5.91 Å². The number of methoxy groups -OCH3 is 1. The van der Waals surface area contributed by atoms with Crippen LogP contribution in [0.5, 0.6) is 5.75 Å². The molecule has 3 rings (SSSR count). The van der Waals surface area contributed by atoms with Crippen LogP contribution >= 0.6 is 0 Å². The smallest absolute Gasteiger partial charge is 0.241 e. The maximum atomic E-state index is 12.8. The minimum Gasteiger partial charge on any atom is -0.497 e. The van der Waals surface area contributed by atoms with Gasteiger partial charge in [0.1, 0.15) is 11.9 Å². The number of hydrogen-bond acceptors (Lipinski definition) is 4. The molecule has 1 saturated heterocycles. The molecule has 5 nitrogen and oxygen atoms in total. The fourth-order valence-electron chi connectivity index (χ4n) is 3.46. The Labute approximate surface area is 143 Å². The van der Waals surface area contributed by atoms with E-state index in [-0.39, 0.29) is 18.1 Å². The largest absolute Gasteiger partial charge is 0.497 e. The third-order valence-corrected chi connectivity index (χ3v) is 4.74. The molecule has 2 atom stereocenters. The second kappa shape index (κ2) is 7.71. The van der Waals surface area contributed by atoms with E-state index >= 15 is 0 Å². The van der Waals surface area contributed by atoms with Gasteiger partial charge in [0, 0.05) is 6.54 Å². The second-order valence-electron chi connectivity index (χ2n) is 6.55. The number of nitrogens with zero attached hydrogens (tertiary/aromatic N) is 1. The zero-order chi connectivity index (χ0) is 16.9. The molecule has 0 spiro atoms. The van der Waals surface area contributed by atoms with Crippen LogP contribution in [0.25, 0.3) is 0 Å². The lowest BCUT2D eigenvalue weighted by Crippen LogP contribution is -2.43. The highest BCUT2D eigenvalue weighted by atomic mass is 16.5. The summed E-state index contributed by atoms with van der Waals surface area (Å²) in [5.41, 5.74) is 1.84. The predicted octanol–water partition coefficient (Wildman–Crippen LogP) is 3.10. The van der Waals surface area contributed by atoms with Crippen molar-refractivity contribution in [2.24, 2.45) is 0 Å². The summed E-state index contributed by atoms with van der Waals surface area (Å²) < 4.78 is 11.0. The molecule has 1 aromatic rings. The monoisotopic (exact) mass is 330 g/mol. The van der Waals surface area contributed by atoms with Crippen molar-refractivity contribution in [1.29, 1.82) is 0 Å². The standard InChI is InChI=1S/C19H26N2O3/c1-14-8-9-18(23-2)16(12-14)20-19(22)17-7-5-10-21(17)13-15-6-3-4-11-24-15/h4,8-9,11-12,15,17H,3,5-7,10,13H2,1-2H3,(H,20,22)/t15-,17-/m1/s1. The molecular formula is C19H26N2O3. The number of aryl methyl sites for hydroxylation is 1. The Morgan fingerprint density at radius 1 is 1.42 bits per heavy atom. The highest BCUT2D eigenvalue weighted by Crippen LogP contribution is 2.27. The Morgan fingerprint density at radius 3 is 3.04 bits per heavy atom. The van der Waals surface area contributed by atoms with Crippen molar-refractivity contribution in [1.82, 2.24) is 4.90 Å². The number of rotatable bonds is 5. The molecule has 0 bridgehead atoms. The van der Waals surface area contributed by atoms with Crippen LogP contribution in [0.4, 0.5) is 5.69 Å². The number of carbonyl (C=O) groups is 1. The number of nitrogens with one attached hydrogen (secondary N) is 1. The average Bonchev–Trinajstić information content (AvgIpc) is 3.04. The summed E-state index contributed by atoms with van der Waals surface area (Å²) in [6, 6.07) is 5.72. The van der Waals surface area contributed by atoms with Gasteiger partial charge in [-0.25, -0.2) is 0 Å². The summed E-state index contributed by atoms with van der Waals surface area (Å²) in [5, 5.41) is 3.05. The summed E-state index contributed by atoms with van der Waals surface area (Å²) in [4.78, 5) is 15.0. The van der Waals surface area contributed by atoms with Crippen molar-refractivity contribution in [3.8, 4) is 5.75 Å². The topological polar surface area (TPSA) is 50.8 Å². The maximum Gasteiger partial charge on any atom is 0.241 e. The van der Waals surface area contributed by atoms with Crippen molar-refractivity contribution in [3.63, 3.8) is 0 Å². The van der Waals surface area contributed by atoms with E-state index in [4.69, 9.17) is 9.47 Å². The SMILES string of the molecule is COc1ccc(C)cc1NC(=O)[C@H]1CCCN1C[C@H]1CCC=CO1. The van der Waals surface area contributed by atoms with Gasteiger partial charge in [-0.15, -0.1) is 0 Å². The molecule has 24 heavy (non-hydrogen) atoms. The van der Waals surface area contributed by atoms with Crippen LogP contribution in [0.2, 0.25) is 0 Å². The minimum atomic E-state index is -0.0928. The Kier molecular flexibility index (Phi) is 5.41. The number of allylic oxidation sites excluding steroid dienone is 1. The fraction of sp³-hybridized carbons (Fsp3) is 0.526. The Balaban J connectivity index is 1.65. The molecule has 0 radical (unpaired) electrons. The average molecular weight is 330 g/mol. The summed E-state index contributed by atoms with van der Waals surface area (Å²) in [6.07, 6.45) is 8.04. The van der Waals surface area contributed by atoms with E-state index in [1.807, 2.05) is 25.1 Å². The molecule has 1 aromatic carbocycles. The normalized spacial score (nSPS) is 23.8. The molecule has 0 saturated carbocycles. The first-order valence-electron chi connectivity index (χ1n) is 8.67. The number of amides is 1. The Bertz CT molecular complexity index is 615. The van der Waals surface area contributed by atoms with Crippen LogP contribution in [0.15, 0.2) is 30.5 Å². The number of anilines is 1. The summed E-state index contributed by atoms with van der Waals surface area (Å²) in [5.74, 6) is 0.738. The lowest BCUT2D eigenvalue weighted by molar-refractivity contribution is -0.120. The molecule has 2 heterocycles. The molecular weight excluding hydrogens is 304 g/mol. The van der Waals surface area contributed by atoms with E-state index < -0.39 is 0 Å². The van der Waals surface area contributed by atoms with Gasteiger partial charge in [-0.2, -0.15) is 0 Å². The Morgan fingerprint density at radius 2 is 2.29 bits per heavy atom. The van der Waals surface area contributed by atoms with Gasteiger partial charge < -0.3 is 14.8 Å². The molecule has 5 heteroatoms. The van der Waals surface area contributed by atoms with Crippen LogP contribution in [-0.2, 0) is 9.53 Å². The van der Waals surface area contributed by atoms with Gasteiger partial charge in [-0.3, -0.25) is 9.69 Å². The van der Waals surface area contributed by atoms with Crippen molar-refractivity contribution in [3.05, 3.63) is 36.1 Å². The third-order valence-electron chi connectivity index (χ3n) is 4.74. The van der Waals surface area contributed by atoms with Gasteiger partial charge >= 0.3 is 0 Å². The highest BCUT2D eigenvalue weighted by Gasteiger charge is 2.33. The zero-order valence-electron chi connectivity index (χ0n) is 14.5. The van der Waals surface area contributed by atoms with Gasteiger partial charge in [0.05, 0.1) is 25.1 Å². The van der Waals surface area contributed by atoms with Crippen LogP contribution in [0, 0.1) is 6.92 Å². The molecule has 1 fully saturated rings. The second-order valence-corrected chi connectivity index (χ2v) is 6.55. The summed E-state index contributed by atoms with van der Waals surface area (Å²) in [6.45, 7) is 3.77. The summed E-state index contributed by atoms with van der Waals surface area (Å²) >= 11 is 0. The first kappa shape index (κ1) is 16.8. The number of benzene rings is 1. The number of hydrogen-bond donors (Lipinski definition) is 1. The van der Waals surface area contributed by atoms with E-state index in [1.54, 1.807) is 13.4 Å². The Hall–Kier alpha value is -2.01. The van der Waals surface area contributed by atoms with E-state index in [9.17, 15) is 4.79 Å². The number of ether oxygens (including phenoxy) is 2. The van der Waals surface area contributed by atoms with Crippen LogP contribution < -0.4 is 10.1 Å². The summed E-state index contributed by atoms with van der Waals surface area (Å²) in [7, 11) is 1.62. The molecule has 0 aromatic heterocycles. The van der Waals surface area contributed by atoms with E-state index in [1.165, 1.54) is 0 Å². The van der Waals surface area contributed by atoms with Crippen molar-refractivity contribution < 1.29 is 14.3 Å². The minimum absolute atomic E-state index is 0.0442. The van der Waals surface area contributed by atoms with Crippen LogP contribution in [-0.4, -0.2) is 43.2 Å². The zero-order valence-corrected chi connectivity index (χ0v) is 14.5. The van der Waals surface area contributed by atoms with Gasteiger partial charge in [0.25, 0.3) is 0 Å². The number of carbonyl (C=O) groups excluding carboxylic acids is 1. The lowest BCUT2D eigenvalue weighted by Gasteiger charge is -2.29. The van der Waals surface area contributed by atoms with E-state index in [2.05, 4.69) is 16.3 Å². The van der Waals surface area contributed by atoms with E-state index in [0.29, 0.717) is 5.75 Å². The molecule has 1 N–H and O–H groups in total. The molecule has 130 valence electrons. The molecule has 0 unspecified atom stereocenters. The quantitative estimate of drug-likeness (QED) is 0.901. The predicted molar refractivity (Wildman–Crippen MR) is 94.2 cm³/mol. The number of likely N-dealkylation sites (tertiary alicyclic amines) is 1. The lowest BCUT2D eigenvalue weighted by atomic mass is 10.1. The van der Waals surface area contributed by atoms with Crippen molar-refractivity contribution >= 4 is 11.6 Å².